The van der Waals surface area contributed by atoms with Crippen molar-refractivity contribution in [1.29, 1.82) is 0 Å². The highest BCUT2D eigenvalue weighted by Crippen LogP contribution is 2.24. The van der Waals surface area contributed by atoms with E-state index in [4.69, 9.17) is 0 Å². The third kappa shape index (κ3) is 2.81. The molecule has 1 aromatic heterocycles. The number of aliphatic hydroxyl groups excluding tert-OH is 1. The minimum atomic E-state index is 0.0789. The van der Waals surface area contributed by atoms with Gasteiger partial charge in [0.15, 0.2) is 0 Å². The van der Waals surface area contributed by atoms with Crippen molar-refractivity contribution in [3.8, 4) is 0 Å². The second-order valence-corrected chi connectivity index (χ2v) is 6.06. The van der Waals surface area contributed by atoms with Crippen molar-refractivity contribution in [1.82, 2.24) is 9.88 Å². The Balaban J connectivity index is 1.65. The molecule has 3 rings (SSSR count). The van der Waals surface area contributed by atoms with E-state index in [0.29, 0.717) is 6.04 Å². The van der Waals surface area contributed by atoms with Gasteiger partial charge in [-0.3, -0.25) is 4.90 Å². The molecular weight excluding hydrogens is 250 g/mol. The summed E-state index contributed by atoms with van der Waals surface area (Å²) in [5, 5.41) is 9.23. The van der Waals surface area contributed by atoms with Gasteiger partial charge in [-0.2, -0.15) is 0 Å². The van der Waals surface area contributed by atoms with Crippen LogP contribution in [0.1, 0.15) is 36.9 Å². The van der Waals surface area contributed by atoms with Gasteiger partial charge in [-0.05, 0) is 50.9 Å². The van der Waals surface area contributed by atoms with E-state index in [1.54, 1.807) is 0 Å². The van der Waals surface area contributed by atoms with Gasteiger partial charge in [0.05, 0.1) is 6.61 Å². The van der Waals surface area contributed by atoms with Gasteiger partial charge < -0.3 is 10.0 Å². The van der Waals surface area contributed by atoms with E-state index in [2.05, 4.69) is 20.9 Å². The summed E-state index contributed by atoms with van der Waals surface area (Å²) in [4.78, 5) is 9.71. The minimum absolute atomic E-state index is 0.0789. The highest BCUT2D eigenvalue weighted by atomic mass is 16.3. The Bertz CT molecular complexity index is 457. The van der Waals surface area contributed by atoms with E-state index in [9.17, 15) is 5.11 Å². The molecule has 2 aliphatic heterocycles. The normalized spacial score (nSPS) is 24.3. The van der Waals surface area contributed by atoms with E-state index in [-0.39, 0.29) is 6.61 Å². The first-order chi connectivity index (χ1) is 9.78. The number of aromatic nitrogens is 1. The maximum atomic E-state index is 9.23. The SMILES string of the molecule is Cc1nc(N2CCC(N3CCCCC3)C2)ccc1CO. The molecular formula is C16H25N3O. The average Bonchev–Trinajstić information content (AvgIpc) is 2.98. The Morgan fingerprint density at radius 2 is 2.00 bits per heavy atom. The summed E-state index contributed by atoms with van der Waals surface area (Å²) < 4.78 is 0. The van der Waals surface area contributed by atoms with E-state index >= 15 is 0 Å². The van der Waals surface area contributed by atoms with Crippen molar-refractivity contribution in [3.05, 3.63) is 23.4 Å². The molecule has 2 fully saturated rings. The zero-order chi connectivity index (χ0) is 13.9. The summed E-state index contributed by atoms with van der Waals surface area (Å²) in [6.45, 7) is 6.81. The first kappa shape index (κ1) is 13.8. The minimum Gasteiger partial charge on any atom is -0.392 e. The van der Waals surface area contributed by atoms with E-state index in [1.165, 1.54) is 38.8 Å². The van der Waals surface area contributed by atoms with Crippen LogP contribution in [-0.2, 0) is 6.61 Å². The second-order valence-electron chi connectivity index (χ2n) is 6.06. The predicted molar refractivity (Wildman–Crippen MR) is 80.9 cm³/mol. The van der Waals surface area contributed by atoms with Crippen molar-refractivity contribution in [2.45, 2.75) is 45.3 Å². The van der Waals surface area contributed by atoms with Gasteiger partial charge in [-0.1, -0.05) is 12.5 Å². The third-order valence-electron chi connectivity index (χ3n) is 4.75. The highest BCUT2D eigenvalue weighted by molar-refractivity contribution is 5.43. The molecule has 0 bridgehead atoms. The number of anilines is 1. The first-order valence-corrected chi connectivity index (χ1v) is 7.84. The molecule has 1 N–H and O–H groups in total. The molecule has 20 heavy (non-hydrogen) atoms. The third-order valence-corrected chi connectivity index (χ3v) is 4.75. The highest BCUT2D eigenvalue weighted by Gasteiger charge is 2.29. The smallest absolute Gasteiger partial charge is 0.128 e. The van der Waals surface area contributed by atoms with Gasteiger partial charge in [0.2, 0.25) is 0 Å². The van der Waals surface area contributed by atoms with Crippen LogP contribution in [-0.4, -0.2) is 47.2 Å². The molecule has 2 aliphatic rings. The molecule has 2 saturated heterocycles. The summed E-state index contributed by atoms with van der Waals surface area (Å²) in [6, 6.07) is 4.76. The predicted octanol–water partition coefficient (Wildman–Crippen LogP) is 1.95. The quantitative estimate of drug-likeness (QED) is 0.915. The van der Waals surface area contributed by atoms with Crippen LogP contribution in [0.2, 0.25) is 0 Å². The number of pyridine rings is 1. The van der Waals surface area contributed by atoms with Crippen LogP contribution in [0.4, 0.5) is 5.82 Å². The van der Waals surface area contributed by atoms with Crippen molar-refractivity contribution in [2.75, 3.05) is 31.1 Å². The van der Waals surface area contributed by atoms with Crippen molar-refractivity contribution >= 4 is 5.82 Å². The lowest BCUT2D eigenvalue weighted by molar-refractivity contribution is 0.175. The number of piperidine rings is 1. The molecule has 0 amide bonds. The lowest BCUT2D eigenvalue weighted by Gasteiger charge is -2.32. The van der Waals surface area contributed by atoms with Gasteiger partial charge in [0, 0.05) is 24.8 Å². The first-order valence-electron chi connectivity index (χ1n) is 7.84. The van der Waals surface area contributed by atoms with Gasteiger partial charge >= 0.3 is 0 Å². The summed E-state index contributed by atoms with van der Waals surface area (Å²) in [6.07, 6.45) is 5.37. The van der Waals surface area contributed by atoms with E-state index < -0.39 is 0 Å². The molecule has 0 radical (unpaired) electrons. The molecule has 4 nitrogen and oxygen atoms in total. The van der Waals surface area contributed by atoms with Crippen LogP contribution < -0.4 is 4.90 Å². The second kappa shape index (κ2) is 6.10. The fraction of sp³-hybridized carbons (Fsp3) is 0.688. The molecule has 110 valence electrons. The largest absolute Gasteiger partial charge is 0.392 e. The van der Waals surface area contributed by atoms with Crippen LogP contribution in [0, 0.1) is 6.92 Å². The van der Waals surface area contributed by atoms with Gasteiger partial charge in [0.1, 0.15) is 5.82 Å². The van der Waals surface area contributed by atoms with Crippen LogP contribution in [0.15, 0.2) is 12.1 Å². The fourth-order valence-corrected chi connectivity index (χ4v) is 3.45. The Morgan fingerprint density at radius 1 is 1.20 bits per heavy atom. The number of hydrogen-bond acceptors (Lipinski definition) is 4. The maximum Gasteiger partial charge on any atom is 0.128 e. The summed E-state index contributed by atoms with van der Waals surface area (Å²) in [5.74, 6) is 1.07. The molecule has 4 heteroatoms. The van der Waals surface area contributed by atoms with Crippen molar-refractivity contribution in [3.63, 3.8) is 0 Å². The number of aryl methyl sites for hydroxylation is 1. The van der Waals surface area contributed by atoms with Crippen LogP contribution in [0.3, 0.4) is 0 Å². The topological polar surface area (TPSA) is 39.6 Å². The maximum absolute atomic E-state index is 9.23. The Morgan fingerprint density at radius 3 is 2.70 bits per heavy atom. The molecule has 1 atom stereocenters. The Hall–Kier alpha value is -1.13. The van der Waals surface area contributed by atoms with Gasteiger partial charge in [-0.15, -0.1) is 0 Å². The number of likely N-dealkylation sites (tertiary alicyclic amines) is 1. The Labute approximate surface area is 121 Å². The molecule has 1 unspecified atom stereocenters. The Kier molecular flexibility index (Phi) is 4.22. The van der Waals surface area contributed by atoms with E-state index in [0.717, 1.165) is 30.2 Å². The standard InChI is InChI=1S/C16H25N3O/c1-13-14(12-20)5-6-16(17-13)19-10-7-15(11-19)18-8-3-2-4-9-18/h5-6,15,20H,2-4,7-12H2,1H3. The van der Waals surface area contributed by atoms with Crippen molar-refractivity contribution < 1.29 is 5.11 Å². The number of rotatable bonds is 3. The zero-order valence-corrected chi connectivity index (χ0v) is 12.4. The number of nitrogens with zero attached hydrogens (tertiary/aromatic N) is 3. The fourth-order valence-electron chi connectivity index (χ4n) is 3.45. The van der Waals surface area contributed by atoms with Crippen molar-refractivity contribution in [2.24, 2.45) is 0 Å². The molecule has 0 aliphatic carbocycles. The molecule has 0 spiro atoms. The molecule has 1 aromatic rings. The monoisotopic (exact) mass is 275 g/mol. The number of hydrogen-bond donors (Lipinski definition) is 1. The number of aliphatic hydroxyl groups is 1. The zero-order valence-electron chi connectivity index (χ0n) is 12.4. The summed E-state index contributed by atoms with van der Waals surface area (Å²) >= 11 is 0. The van der Waals surface area contributed by atoms with Gasteiger partial charge in [0.25, 0.3) is 0 Å². The van der Waals surface area contributed by atoms with Gasteiger partial charge in [-0.25, -0.2) is 4.98 Å². The summed E-state index contributed by atoms with van der Waals surface area (Å²) in [7, 11) is 0. The molecule has 0 aromatic carbocycles. The lowest BCUT2D eigenvalue weighted by Crippen LogP contribution is -2.41. The van der Waals surface area contributed by atoms with Crippen LogP contribution in [0.25, 0.3) is 0 Å². The molecule has 3 heterocycles. The van der Waals surface area contributed by atoms with Crippen LogP contribution in [0.5, 0.6) is 0 Å². The lowest BCUT2D eigenvalue weighted by atomic mass is 10.1. The van der Waals surface area contributed by atoms with E-state index in [1.807, 2.05) is 13.0 Å². The molecule has 0 saturated carbocycles. The van der Waals surface area contributed by atoms with Crippen LogP contribution >= 0.6 is 0 Å². The summed E-state index contributed by atoms with van der Waals surface area (Å²) in [5.41, 5.74) is 1.88. The average molecular weight is 275 g/mol.